The van der Waals surface area contributed by atoms with E-state index < -0.39 is 15.9 Å². The Bertz CT molecular complexity index is 744. The van der Waals surface area contributed by atoms with Crippen molar-refractivity contribution in [3.63, 3.8) is 0 Å². The van der Waals surface area contributed by atoms with Crippen LogP contribution in [0.15, 0.2) is 40.6 Å². The Balaban J connectivity index is 2.07. The summed E-state index contributed by atoms with van der Waals surface area (Å²) >= 11 is 12.3. The molecule has 2 N–H and O–H groups in total. The number of carbonyl (C=O) groups is 1. The molecule has 1 aromatic carbocycles. The molecule has 1 amide bonds. The maximum Gasteiger partial charge on any atom is 0.266 e. The summed E-state index contributed by atoms with van der Waals surface area (Å²) in [6.45, 7) is 0. The van der Waals surface area contributed by atoms with E-state index in [-0.39, 0.29) is 9.77 Å². The van der Waals surface area contributed by atoms with Crippen molar-refractivity contribution in [3.8, 4) is 0 Å². The first-order valence-electron chi connectivity index (χ1n) is 5.21. The standard InChI is InChI=1S/C11H8Cl2N2O3S2/c12-8-3-1-2-7(6-8)11(16)14-15-20(17,18)10-5-4-9(13)19-10/h1-6,15H,(H,14,16). The van der Waals surface area contributed by atoms with Gasteiger partial charge in [-0.05, 0) is 30.3 Å². The van der Waals surface area contributed by atoms with Crippen LogP contribution in [0.5, 0.6) is 0 Å². The molecule has 2 aromatic rings. The predicted octanol–water partition coefficient (Wildman–Crippen LogP) is 2.68. The van der Waals surface area contributed by atoms with Crippen LogP contribution in [-0.2, 0) is 10.0 Å². The lowest BCUT2D eigenvalue weighted by atomic mass is 10.2. The van der Waals surface area contributed by atoms with Crippen LogP contribution in [0.25, 0.3) is 0 Å². The van der Waals surface area contributed by atoms with Gasteiger partial charge in [0.1, 0.15) is 4.21 Å². The van der Waals surface area contributed by atoms with Crippen molar-refractivity contribution in [2.45, 2.75) is 4.21 Å². The fourth-order valence-corrected chi connectivity index (χ4v) is 3.82. The second-order valence-electron chi connectivity index (χ2n) is 3.63. The van der Waals surface area contributed by atoms with Gasteiger partial charge in [0.25, 0.3) is 15.9 Å². The van der Waals surface area contributed by atoms with Crippen LogP contribution in [0, 0.1) is 0 Å². The van der Waals surface area contributed by atoms with Crippen molar-refractivity contribution in [2.75, 3.05) is 0 Å². The summed E-state index contributed by atoms with van der Waals surface area (Å²) in [6, 6.07) is 8.94. The normalized spacial score (nSPS) is 11.3. The molecular weight excluding hydrogens is 343 g/mol. The highest BCUT2D eigenvalue weighted by atomic mass is 35.5. The lowest BCUT2D eigenvalue weighted by molar-refractivity contribution is 0.0945. The van der Waals surface area contributed by atoms with Gasteiger partial charge in [-0.3, -0.25) is 10.2 Å². The molecule has 0 saturated carbocycles. The molecule has 9 heteroatoms. The summed E-state index contributed by atoms with van der Waals surface area (Å²) in [5, 5.41) is 0.380. The molecule has 0 saturated heterocycles. The number of benzene rings is 1. The molecule has 0 aliphatic rings. The second-order valence-corrected chi connectivity index (χ2v) is 7.69. The summed E-state index contributed by atoms with van der Waals surface area (Å²) in [5.74, 6) is -0.612. The molecule has 0 aliphatic heterocycles. The first-order valence-corrected chi connectivity index (χ1v) is 8.27. The number of nitrogens with one attached hydrogen (secondary N) is 2. The highest BCUT2D eigenvalue weighted by molar-refractivity contribution is 7.91. The van der Waals surface area contributed by atoms with Crippen LogP contribution in [0.4, 0.5) is 0 Å². The minimum atomic E-state index is -3.83. The lowest BCUT2D eigenvalue weighted by Gasteiger charge is -2.07. The minimum absolute atomic E-state index is 0.00824. The van der Waals surface area contributed by atoms with Gasteiger partial charge < -0.3 is 0 Å². The van der Waals surface area contributed by atoms with E-state index >= 15 is 0 Å². The van der Waals surface area contributed by atoms with Gasteiger partial charge in [0.05, 0.1) is 4.34 Å². The van der Waals surface area contributed by atoms with E-state index in [4.69, 9.17) is 23.2 Å². The quantitative estimate of drug-likeness (QED) is 0.832. The van der Waals surface area contributed by atoms with Crippen molar-refractivity contribution in [3.05, 3.63) is 51.3 Å². The zero-order valence-electron chi connectivity index (χ0n) is 9.76. The predicted molar refractivity (Wildman–Crippen MR) is 78.6 cm³/mol. The minimum Gasteiger partial charge on any atom is -0.273 e. The highest BCUT2D eigenvalue weighted by Gasteiger charge is 2.17. The molecule has 2 rings (SSSR count). The SMILES string of the molecule is O=C(NNS(=O)(=O)c1ccc(Cl)s1)c1cccc(Cl)c1. The van der Waals surface area contributed by atoms with Gasteiger partial charge >= 0.3 is 0 Å². The van der Waals surface area contributed by atoms with Gasteiger partial charge in [-0.25, -0.2) is 8.42 Å². The highest BCUT2D eigenvalue weighted by Crippen LogP contribution is 2.24. The molecule has 0 aliphatic carbocycles. The molecule has 0 radical (unpaired) electrons. The van der Waals surface area contributed by atoms with Crippen LogP contribution in [-0.4, -0.2) is 14.3 Å². The Kier molecular flexibility index (Phi) is 4.66. The number of halogens is 2. The van der Waals surface area contributed by atoms with Crippen molar-refractivity contribution in [2.24, 2.45) is 0 Å². The van der Waals surface area contributed by atoms with Crippen LogP contribution >= 0.6 is 34.5 Å². The van der Waals surface area contributed by atoms with Gasteiger partial charge in [0.2, 0.25) is 0 Å². The summed E-state index contributed by atoms with van der Waals surface area (Å²) < 4.78 is 24.0. The second kappa shape index (κ2) is 6.11. The molecule has 0 unspecified atom stereocenters. The van der Waals surface area contributed by atoms with E-state index in [1.807, 2.05) is 4.83 Å². The van der Waals surface area contributed by atoms with Crippen molar-refractivity contribution in [1.82, 2.24) is 10.3 Å². The Labute approximate surface area is 129 Å². The number of hydrazine groups is 1. The maximum absolute atomic E-state index is 11.8. The Morgan fingerprint density at radius 2 is 1.90 bits per heavy atom. The molecule has 1 aromatic heterocycles. The number of thiophene rings is 1. The topological polar surface area (TPSA) is 75.3 Å². The molecule has 20 heavy (non-hydrogen) atoms. The third kappa shape index (κ3) is 3.71. The van der Waals surface area contributed by atoms with Crippen LogP contribution in [0.3, 0.4) is 0 Å². The number of amides is 1. The number of rotatable bonds is 4. The fourth-order valence-electron chi connectivity index (χ4n) is 1.31. The van der Waals surface area contributed by atoms with Gasteiger partial charge in [0.15, 0.2) is 0 Å². The average Bonchev–Trinajstić information content (AvgIpc) is 2.83. The largest absolute Gasteiger partial charge is 0.273 e. The molecular formula is C11H8Cl2N2O3S2. The summed E-state index contributed by atoms with van der Waals surface area (Å²) in [5.41, 5.74) is 2.34. The Morgan fingerprint density at radius 3 is 2.50 bits per heavy atom. The zero-order chi connectivity index (χ0) is 14.8. The van der Waals surface area contributed by atoms with E-state index in [2.05, 4.69) is 5.43 Å². The van der Waals surface area contributed by atoms with E-state index in [1.165, 1.54) is 24.3 Å². The smallest absolute Gasteiger partial charge is 0.266 e. The monoisotopic (exact) mass is 350 g/mol. The van der Waals surface area contributed by atoms with E-state index in [0.29, 0.717) is 9.36 Å². The van der Waals surface area contributed by atoms with Crippen molar-refractivity contribution < 1.29 is 13.2 Å². The Hall–Kier alpha value is -1.12. The molecule has 0 bridgehead atoms. The van der Waals surface area contributed by atoms with Gasteiger partial charge in [-0.2, -0.15) is 0 Å². The van der Waals surface area contributed by atoms with Gasteiger partial charge in [-0.15, -0.1) is 16.2 Å². The van der Waals surface area contributed by atoms with Crippen LogP contribution in [0.2, 0.25) is 9.36 Å². The number of carbonyl (C=O) groups excluding carboxylic acids is 1. The fraction of sp³-hybridized carbons (Fsp3) is 0. The van der Waals surface area contributed by atoms with Crippen molar-refractivity contribution in [1.29, 1.82) is 0 Å². The van der Waals surface area contributed by atoms with E-state index in [0.717, 1.165) is 11.3 Å². The number of hydrogen-bond donors (Lipinski definition) is 2. The number of hydrogen-bond acceptors (Lipinski definition) is 4. The lowest BCUT2D eigenvalue weighted by Crippen LogP contribution is -2.41. The molecule has 0 spiro atoms. The van der Waals surface area contributed by atoms with E-state index in [9.17, 15) is 13.2 Å². The van der Waals surface area contributed by atoms with Gasteiger partial charge in [-0.1, -0.05) is 29.3 Å². The molecule has 1 heterocycles. The molecule has 106 valence electrons. The molecule has 0 atom stereocenters. The zero-order valence-corrected chi connectivity index (χ0v) is 12.9. The first kappa shape index (κ1) is 15.3. The maximum atomic E-state index is 11.8. The van der Waals surface area contributed by atoms with Crippen LogP contribution in [0.1, 0.15) is 10.4 Å². The van der Waals surface area contributed by atoms with Gasteiger partial charge in [0, 0.05) is 10.6 Å². The Morgan fingerprint density at radius 1 is 1.15 bits per heavy atom. The molecule has 5 nitrogen and oxygen atoms in total. The third-order valence-electron chi connectivity index (χ3n) is 2.20. The van der Waals surface area contributed by atoms with Crippen LogP contribution < -0.4 is 10.3 Å². The van der Waals surface area contributed by atoms with Crippen molar-refractivity contribution >= 4 is 50.5 Å². The number of sulfonamides is 1. The molecule has 0 fully saturated rings. The average molecular weight is 351 g/mol. The summed E-state index contributed by atoms with van der Waals surface area (Å²) in [4.78, 5) is 13.7. The summed E-state index contributed by atoms with van der Waals surface area (Å²) in [6.07, 6.45) is 0. The first-order chi connectivity index (χ1) is 9.38. The van der Waals surface area contributed by atoms with E-state index in [1.54, 1.807) is 12.1 Å². The summed E-state index contributed by atoms with van der Waals surface area (Å²) in [7, 11) is -3.83. The third-order valence-corrected chi connectivity index (χ3v) is 5.40.